The summed E-state index contributed by atoms with van der Waals surface area (Å²) in [7, 11) is -3.40. The van der Waals surface area contributed by atoms with Crippen LogP contribution in [0, 0.1) is 13.8 Å². The van der Waals surface area contributed by atoms with Gasteiger partial charge in [0.1, 0.15) is 5.65 Å². The molecule has 4 aromatic rings. The zero-order valence-corrected chi connectivity index (χ0v) is 22.6. The number of amides is 1. The van der Waals surface area contributed by atoms with E-state index in [1.54, 1.807) is 31.3 Å². The van der Waals surface area contributed by atoms with Gasteiger partial charge in [0, 0.05) is 42.2 Å². The molecule has 0 aliphatic heterocycles. The Morgan fingerprint density at radius 1 is 1.14 bits per heavy atom. The average molecular weight is 523 g/mol. The quantitative estimate of drug-likeness (QED) is 0.292. The lowest BCUT2D eigenvalue weighted by molar-refractivity contribution is 0.0946. The molecular formula is C28H34N4O4S. The summed E-state index contributed by atoms with van der Waals surface area (Å²) in [6, 6.07) is 10.8. The number of aromatic nitrogens is 2. The highest BCUT2D eigenvalue weighted by Crippen LogP contribution is 2.38. The van der Waals surface area contributed by atoms with Gasteiger partial charge in [-0.1, -0.05) is 26.0 Å². The first-order chi connectivity index (χ1) is 17.7. The molecule has 1 amide bonds. The maximum atomic E-state index is 13.4. The van der Waals surface area contributed by atoms with E-state index in [-0.39, 0.29) is 23.2 Å². The largest absolute Gasteiger partial charge is 0.395 e. The fourth-order valence-corrected chi connectivity index (χ4v) is 5.60. The zero-order chi connectivity index (χ0) is 26.7. The van der Waals surface area contributed by atoms with Crippen LogP contribution in [0.4, 0.5) is 0 Å². The Morgan fingerprint density at radius 2 is 1.92 bits per heavy atom. The highest BCUT2D eigenvalue weighted by molar-refractivity contribution is 7.91. The molecule has 3 N–H and O–H groups in total. The van der Waals surface area contributed by atoms with Gasteiger partial charge in [-0.3, -0.25) is 9.69 Å². The Hall–Kier alpha value is -3.27. The van der Waals surface area contributed by atoms with E-state index >= 15 is 0 Å². The van der Waals surface area contributed by atoms with Crippen LogP contribution in [0.25, 0.3) is 33.1 Å². The molecular weight excluding hydrogens is 488 g/mol. The third-order valence-electron chi connectivity index (χ3n) is 6.83. The number of sulfone groups is 1. The smallest absolute Gasteiger partial charge is 0.251 e. The molecule has 2 heterocycles. The highest BCUT2D eigenvalue weighted by Gasteiger charge is 2.21. The topological polar surface area (TPSA) is 115 Å². The van der Waals surface area contributed by atoms with Crippen molar-refractivity contribution in [3.8, 4) is 11.1 Å². The number of aromatic amines is 1. The van der Waals surface area contributed by atoms with Crippen molar-refractivity contribution >= 4 is 37.7 Å². The Balaban J connectivity index is 1.86. The summed E-state index contributed by atoms with van der Waals surface area (Å²) >= 11 is 0. The van der Waals surface area contributed by atoms with Gasteiger partial charge in [-0.2, -0.15) is 0 Å². The standard InChI is InChI=1S/C28H34N4O4S/c1-5-32(12-13-33)11-10-29-28(34)22-16-23(20-8-7-9-21(15-20)37(35,36)6-2)25-24-14-18(3)17-30-27(24)31-26(25)19(22)4/h7-9,14-17,33H,5-6,10-13H2,1-4H3,(H,29,34)(H,30,31). The van der Waals surface area contributed by atoms with Crippen molar-refractivity contribution in [1.29, 1.82) is 0 Å². The second kappa shape index (κ2) is 11.0. The second-order valence-corrected chi connectivity index (χ2v) is 11.5. The Labute approximate surface area is 217 Å². The predicted molar refractivity (Wildman–Crippen MR) is 148 cm³/mol. The third kappa shape index (κ3) is 5.39. The molecule has 8 nitrogen and oxygen atoms in total. The van der Waals surface area contributed by atoms with Gasteiger partial charge in [0.25, 0.3) is 5.91 Å². The van der Waals surface area contributed by atoms with Crippen LogP contribution < -0.4 is 5.32 Å². The molecule has 4 rings (SSSR count). The first-order valence-corrected chi connectivity index (χ1v) is 14.2. The molecule has 196 valence electrons. The van der Waals surface area contributed by atoms with E-state index in [9.17, 15) is 18.3 Å². The van der Waals surface area contributed by atoms with Crippen molar-refractivity contribution in [1.82, 2.24) is 20.2 Å². The van der Waals surface area contributed by atoms with Crippen LogP contribution in [-0.4, -0.2) is 72.8 Å². The predicted octanol–water partition coefficient (Wildman–Crippen LogP) is 3.84. The lowest BCUT2D eigenvalue weighted by Gasteiger charge is -2.19. The van der Waals surface area contributed by atoms with Crippen molar-refractivity contribution in [3.05, 3.63) is 59.3 Å². The van der Waals surface area contributed by atoms with Gasteiger partial charge < -0.3 is 15.4 Å². The SMILES string of the molecule is CCN(CCO)CCNC(=O)c1cc(-c2cccc(S(=O)(=O)CC)c2)c2c([nH]c3ncc(C)cc32)c1C. The van der Waals surface area contributed by atoms with Crippen LogP contribution in [0.1, 0.15) is 35.3 Å². The number of nitrogens with zero attached hydrogens (tertiary/aromatic N) is 2. The summed E-state index contributed by atoms with van der Waals surface area (Å²) in [5, 5.41) is 14.1. The molecule has 0 atom stereocenters. The number of benzene rings is 2. The minimum Gasteiger partial charge on any atom is -0.395 e. The maximum Gasteiger partial charge on any atom is 0.251 e. The number of carbonyl (C=O) groups excluding carboxylic acids is 1. The molecule has 0 unspecified atom stereocenters. The third-order valence-corrected chi connectivity index (χ3v) is 8.56. The van der Waals surface area contributed by atoms with Gasteiger partial charge in [-0.05, 0) is 66.9 Å². The van der Waals surface area contributed by atoms with Crippen LogP contribution in [-0.2, 0) is 9.84 Å². The van der Waals surface area contributed by atoms with Crippen LogP contribution in [0.2, 0.25) is 0 Å². The molecule has 2 aromatic carbocycles. The number of hydrogen-bond donors (Lipinski definition) is 3. The first-order valence-electron chi connectivity index (χ1n) is 12.6. The number of aliphatic hydroxyl groups is 1. The summed E-state index contributed by atoms with van der Waals surface area (Å²) in [6.07, 6.45) is 1.79. The van der Waals surface area contributed by atoms with Crippen molar-refractivity contribution in [2.75, 3.05) is 38.5 Å². The lowest BCUT2D eigenvalue weighted by Crippen LogP contribution is -2.36. The molecule has 37 heavy (non-hydrogen) atoms. The Morgan fingerprint density at radius 3 is 2.62 bits per heavy atom. The van der Waals surface area contributed by atoms with E-state index in [4.69, 9.17) is 0 Å². The molecule has 0 aliphatic carbocycles. The summed E-state index contributed by atoms with van der Waals surface area (Å²) in [5.74, 6) is -0.199. The van der Waals surface area contributed by atoms with Crippen LogP contribution >= 0.6 is 0 Å². The number of aryl methyl sites for hydroxylation is 2. The summed E-state index contributed by atoms with van der Waals surface area (Å²) < 4.78 is 25.3. The summed E-state index contributed by atoms with van der Waals surface area (Å²) in [4.78, 5) is 23.6. The number of nitrogens with one attached hydrogen (secondary N) is 2. The van der Waals surface area contributed by atoms with Crippen molar-refractivity contribution < 1.29 is 18.3 Å². The van der Waals surface area contributed by atoms with Gasteiger partial charge in [0.15, 0.2) is 9.84 Å². The van der Waals surface area contributed by atoms with E-state index in [1.165, 1.54) is 0 Å². The number of fused-ring (bicyclic) bond motifs is 3. The van der Waals surface area contributed by atoms with E-state index in [0.29, 0.717) is 30.8 Å². The van der Waals surface area contributed by atoms with Crippen molar-refractivity contribution in [2.24, 2.45) is 0 Å². The van der Waals surface area contributed by atoms with Crippen molar-refractivity contribution in [2.45, 2.75) is 32.6 Å². The van der Waals surface area contributed by atoms with Gasteiger partial charge in [-0.25, -0.2) is 13.4 Å². The minimum atomic E-state index is -3.40. The average Bonchev–Trinajstić information content (AvgIpc) is 3.27. The Bertz CT molecular complexity index is 1560. The number of aliphatic hydroxyl groups excluding tert-OH is 1. The van der Waals surface area contributed by atoms with E-state index < -0.39 is 9.84 Å². The van der Waals surface area contributed by atoms with Crippen LogP contribution in [0.5, 0.6) is 0 Å². The van der Waals surface area contributed by atoms with Crippen LogP contribution in [0.3, 0.4) is 0 Å². The fraction of sp³-hybridized carbons (Fsp3) is 0.357. The number of H-pyrrole nitrogens is 1. The lowest BCUT2D eigenvalue weighted by atomic mass is 9.93. The van der Waals surface area contributed by atoms with Gasteiger partial charge in [0.2, 0.25) is 0 Å². The van der Waals surface area contributed by atoms with Crippen LogP contribution in [0.15, 0.2) is 47.5 Å². The molecule has 0 bridgehead atoms. The molecule has 0 fully saturated rings. The normalized spacial score (nSPS) is 12.1. The fourth-order valence-electron chi connectivity index (χ4n) is 4.67. The molecule has 9 heteroatoms. The summed E-state index contributed by atoms with van der Waals surface area (Å²) in [5.41, 5.74) is 5.32. The molecule has 0 radical (unpaired) electrons. The second-order valence-electron chi connectivity index (χ2n) is 9.23. The number of hydrogen-bond acceptors (Lipinski definition) is 6. The number of carbonyl (C=O) groups is 1. The van der Waals surface area contributed by atoms with Gasteiger partial charge >= 0.3 is 0 Å². The van der Waals surface area contributed by atoms with Gasteiger partial charge in [-0.15, -0.1) is 0 Å². The number of rotatable bonds is 10. The van der Waals surface area contributed by atoms with E-state index in [1.807, 2.05) is 32.9 Å². The molecule has 0 aliphatic rings. The van der Waals surface area contributed by atoms with E-state index in [0.717, 1.165) is 45.1 Å². The molecule has 0 saturated carbocycles. The van der Waals surface area contributed by atoms with E-state index in [2.05, 4.69) is 26.3 Å². The zero-order valence-electron chi connectivity index (χ0n) is 21.8. The monoisotopic (exact) mass is 522 g/mol. The number of likely N-dealkylation sites (N-methyl/N-ethyl adjacent to an activating group) is 1. The first kappa shape index (κ1) is 26.8. The molecule has 0 spiro atoms. The Kier molecular flexibility index (Phi) is 7.96. The highest BCUT2D eigenvalue weighted by atomic mass is 32.2. The minimum absolute atomic E-state index is 0.00861. The summed E-state index contributed by atoms with van der Waals surface area (Å²) in [6.45, 7) is 10.0. The van der Waals surface area contributed by atoms with Crippen molar-refractivity contribution in [3.63, 3.8) is 0 Å². The number of pyridine rings is 1. The van der Waals surface area contributed by atoms with Gasteiger partial charge in [0.05, 0.1) is 22.8 Å². The molecule has 0 saturated heterocycles. The maximum absolute atomic E-state index is 13.4. The molecule has 2 aromatic heterocycles.